The summed E-state index contributed by atoms with van der Waals surface area (Å²) in [4.78, 5) is 26.7. The molecule has 2 saturated heterocycles. The van der Waals surface area contributed by atoms with Crippen LogP contribution in [0.2, 0.25) is 5.02 Å². The predicted octanol–water partition coefficient (Wildman–Crippen LogP) is 4.20. The second-order valence-electron chi connectivity index (χ2n) is 9.63. The normalized spacial score (nSPS) is 16.5. The molecule has 0 unspecified atom stereocenters. The highest BCUT2D eigenvalue weighted by Gasteiger charge is 2.25. The molecule has 1 amide bonds. The van der Waals surface area contributed by atoms with Gasteiger partial charge in [0.2, 0.25) is 0 Å². The first-order valence-corrected chi connectivity index (χ1v) is 13.1. The van der Waals surface area contributed by atoms with Crippen LogP contribution in [-0.4, -0.2) is 73.0 Å². The van der Waals surface area contributed by atoms with Gasteiger partial charge in [-0.05, 0) is 48.4 Å². The number of anilines is 2. The summed E-state index contributed by atoms with van der Waals surface area (Å²) in [6, 6.07) is 19.9. The van der Waals surface area contributed by atoms with E-state index in [1.165, 1.54) is 0 Å². The Morgan fingerprint density at radius 2 is 1.68 bits per heavy atom. The molecule has 0 N–H and O–H groups in total. The van der Waals surface area contributed by atoms with Crippen LogP contribution in [0.5, 0.6) is 0 Å². The molecule has 37 heavy (non-hydrogen) atoms. The van der Waals surface area contributed by atoms with Crippen molar-refractivity contribution >= 4 is 29.0 Å². The minimum absolute atomic E-state index is 0.0854. The van der Waals surface area contributed by atoms with Crippen LogP contribution in [0.3, 0.4) is 0 Å². The van der Waals surface area contributed by atoms with Crippen molar-refractivity contribution in [3.8, 4) is 6.07 Å². The fourth-order valence-corrected chi connectivity index (χ4v) is 5.39. The highest BCUT2D eigenvalue weighted by Crippen LogP contribution is 2.25. The lowest BCUT2D eigenvalue weighted by Gasteiger charge is -2.37. The molecular weight excluding hydrogens is 484 g/mol. The maximum absolute atomic E-state index is 13.5. The third-order valence-corrected chi connectivity index (χ3v) is 7.58. The molecule has 0 atom stereocenters. The average molecular weight is 515 g/mol. The number of benzene rings is 2. The molecule has 1 aromatic heterocycles. The van der Waals surface area contributed by atoms with E-state index in [-0.39, 0.29) is 5.91 Å². The van der Waals surface area contributed by atoms with Crippen molar-refractivity contribution in [1.29, 1.82) is 5.26 Å². The number of carbonyl (C=O) groups is 1. The molecule has 190 valence electrons. The van der Waals surface area contributed by atoms with Gasteiger partial charge in [-0.3, -0.25) is 9.69 Å². The van der Waals surface area contributed by atoms with Gasteiger partial charge in [-0.15, -0.1) is 0 Å². The van der Waals surface area contributed by atoms with E-state index < -0.39 is 0 Å². The predicted molar refractivity (Wildman–Crippen MR) is 147 cm³/mol. The molecule has 0 aliphatic carbocycles. The number of hydrogen-bond donors (Lipinski definition) is 0. The van der Waals surface area contributed by atoms with Gasteiger partial charge >= 0.3 is 0 Å². The van der Waals surface area contributed by atoms with Gasteiger partial charge in [-0.2, -0.15) is 5.26 Å². The lowest BCUT2D eigenvalue weighted by molar-refractivity contribution is 0.0746. The van der Waals surface area contributed by atoms with Crippen LogP contribution in [-0.2, 0) is 6.54 Å². The summed E-state index contributed by atoms with van der Waals surface area (Å²) < 4.78 is 0. The Morgan fingerprint density at radius 1 is 0.946 bits per heavy atom. The molecular formula is C29H31ClN6O. The van der Waals surface area contributed by atoms with Gasteiger partial charge in [0.15, 0.2) is 0 Å². The van der Waals surface area contributed by atoms with Gasteiger partial charge in [0.05, 0.1) is 16.3 Å². The number of pyridine rings is 1. The number of para-hydroxylation sites is 1. The van der Waals surface area contributed by atoms with Crippen molar-refractivity contribution in [3.05, 3.63) is 88.1 Å². The Bertz CT molecular complexity index is 1310. The minimum Gasteiger partial charge on any atom is -0.367 e. The number of rotatable bonds is 5. The number of amides is 1. The lowest BCUT2D eigenvalue weighted by atomic mass is 10.0. The van der Waals surface area contributed by atoms with Crippen LogP contribution in [0.4, 0.5) is 11.5 Å². The second-order valence-corrected chi connectivity index (χ2v) is 10.0. The number of nitrogens with zero attached hydrogens (tertiary/aromatic N) is 6. The fraction of sp³-hybridized carbons (Fsp3) is 0.345. The molecule has 0 saturated carbocycles. The van der Waals surface area contributed by atoms with Gasteiger partial charge in [0.1, 0.15) is 11.9 Å². The van der Waals surface area contributed by atoms with Crippen LogP contribution in [0.1, 0.15) is 27.0 Å². The molecule has 2 aliphatic heterocycles. The Kier molecular flexibility index (Phi) is 7.59. The van der Waals surface area contributed by atoms with E-state index >= 15 is 0 Å². The van der Waals surface area contributed by atoms with Crippen LogP contribution in [0.15, 0.2) is 60.8 Å². The summed E-state index contributed by atoms with van der Waals surface area (Å²) >= 11 is 6.33. The van der Waals surface area contributed by atoms with Crippen molar-refractivity contribution in [2.45, 2.75) is 13.5 Å². The van der Waals surface area contributed by atoms with E-state index in [1.807, 2.05) is 48.2 Å². The SMILES string of the molecule is Cc1ccc(CN2CCN(c3ncccc3Cl)CC2)cc1C(=O)N1CCN(c2ccccc2C#N)CC1. The largest absolute Gasteiger partial charge is 0.367 e. The van der Waals surface area contributed by atoms with E-state index in [2.05, 4.69) is 44.0 Å². The first-order valence-electron chi connectivity index (χ1n) is 12.7. The molecule has 2 aliphatic rings. The zero-order valence-electron chi connectivity index (χ0n) is 21.1. The quantitative estimate of drug-likeness (QED) is 0.508. The van der Waals surface area contributed by atoms with Gasteiger partial charge < -0.3 is 14.7 Å². The number of aromatic nitrogens is 1. The Labute approximate surface area is 223 Å². The molecule has 0 radical (unpaired) electrons. The van der Waals surface area contributed by atoms with Crippen molar-refractivity contribution in [2.75, 3.05) is 62.2 Å². The van der Waals surface area contributed by atoms with Crippen molar-refractivity contribution < 1.29 is 4.79 Å². The van der Waals surface area contributed by atoms with E-state index in [0.29, 0.717) is 36.8 Å². The summed E-state index contributed by atoms with van der Waals surface area (Å²) in [5.74, 6) is 0.936. The maximum Gasteiger partial charge on any atom is 0.254 e. The first-order chi connectivity index (χ1) is 18.0. The van der Waals surface area contributed by atoms with Gasteiger partial charge in [-0.1, -0.05) is 35.9 Å². The standard InChI is InChI=1S/C29H31ClN6O/c1-22-8-9-23(21-33-11-13-35(14-12-33)28-26(30)6-4-10-32-28)19-25(22)29(37)36-17-15-34(16-18-36)27-7-3-2-5-24(27)20-31/h2-10,19H,11-18,21H2,1H3. The molecule has 3 aromatic rings. The molecule has 7 nitrogen and oxygen atoms in total. The average Bonchev–Trinajstić information content (AvgIpc) is 2.94. The van der Waals surface area contributed by atoms with Crippen molar-refractivity contribution in [3.63, 3.8) is 0 Å². The summed E-state index contributed by atoms with van der Waals surface area (Å²) in [5, 5.41) is 10.1. The van der Waals surface area contributed by atoms with Crippen LogP contribution in [0.25, 0.3) is 0 Å². The van der Waals surface area contributed by atoms with Gasteiger partial charge in [0.25, 0.3) is 5.91 Å². The molecule has 0 spiro atoms. The van der Waals surface area contributed by atoms with Crippen LogP contribution >= 0.6 is 11.6 Å². The van der Waals surface area contributed by atoms with Crippen molar-refractivity contribution in [2.24, 2.45) is 0 Å². The molecule has 0 bridgehead atoms. The van der Waals surface area contributed by atoms with E-state index in [1.54, 1.807) is 6.20 Å². The lowest BCUT2D eigenvalue weighted by Crippen LogP contribution is -2.49. The summed E-state index contributed by atoms with van der Waals surface area (Å²) in [5.41, 5.74) is 4.55. The summed E-state index contributed by atoms with van der Waals surface area (Å²) in [6.45, 7) is 9.09. The summed E-state index contributed by atoms with van der Waals surface area (Å²) in [7, 11) is 0. The fourth-order valence-electron chi connectivity index (χ4n) is 5.15. The van der Waals surface area contributed by atoms with Gasteiger partial charge in [0, 0.05) is 70.7 Å². The molecule has 8 heteroatoms. The first kappa shape index (κ1) is 25.1. The zero-order chi connectivity index (χ0) is 25.8. The Hall–Kier alpha value is -3.60. The van der Waals surface area contributed by atoms with Crippen molar-refractivity contribution in [1.82, 2.24) is 14.8 Å². The smallest absolute Gasteiger partial charge is 0.254 e. The number of nitriles is 1. The van der Waals surface area contributed by atoms with E-state index in [0.717, 1.165) is 60.9 Å². The monoisotopic (exact) mass is 514 g/mol. The zero-order valence-corrected chi connectivity index (χ0v) is 21.9. The Balaban J connectivity index is 1.19. The van der Waals surface area contributed by atoms with Crippen LogP contribution < -0.4 is 9.80 Å². The minimum atomic E-state index is 0.0854. The summed E-state index contributed by atoms with van der Waals surface area (Å²) in [6.07, 6.45) is 1.78. The third-order valence-electron chi connectivity index (χ3n) is 7.28. The second kappa shape index (κ2) is 11.2. The molecule has 3 heterocycles. The van der Waals surface area contributed by atoms with Crippen LogP contribution in [0, 0.1) is 18.3 Å². The van der Waals surface area contributed by atoms with E-state index in [4.69, 9.17) is 11.6 Å². The number of aryl methyl sites for hydroxylation is 1. The number of halogens is 1. The Morgan fingerprint density at radius 3 is 2.41 bits per heavy atom. The molecule has 5 rings (SSSR count). The number of carbonyl (C=O) groups excluding carboxylic acids is 1. The number of hydrogen-bond acceptors (Lipinski definition) is 6. The topological polar surface area (TPSA) is 66.7 Å². The highest BCUT2D eigenvalue weighted by atomic mass is 35.5. The van der Waals surface area contributed by atoms with E-state index in [9.17, 15) is 10.1 Å². The molecule has 2 fully saturated rings. The van der Waals surface area contributed by atoms with Gasteiger partial charge in [-0.25, -0.2) is 4.98 Å². The third kappa shape index (κ3) is 5.56. The number of piperazine rings is 2. The maximum atomic E-state index is 13.5. The highest BCUT2D eigenvalue weighted by molar-refractivity contribution is 6.32. The molecule has 2 aromatic carbocycles.